The third kappa shape index (κ3) is 3.99. The molecule has 5 nitrogen and oxygen atoms in total. The molecular formula is C12H13F2NO4. The molecule has 0 aliphatic rings. The van der Waals surface area contributed by atoms with Gasteiger partial charge in [0.15, 0.2) is 0 Å². The first-order chi connectivity index (χ1) is 8.99. The number of methoxy groups -OCH3 is 1. The van der Waals surface area contributed by atoms with E-state index in [9.17, 15) is 18.4 Å². The van der Waals surface area contributed by atoms with E-state index in [1.807, 2.05) is 0 Å². The second-order valence-electron chi connectivity index (χ2n) is 3.68. The molecule has 7 heteroatoms. The first-order valence-corrected chi connectivity index (χ1v) is 5.47. The molecule has 0 unspecified atom stereocenters. The van der Waals surface area contributed by atoms with Crippen molar-refractivity contribution in [3.63, 3.8) is 0 Å². The number of anilines is 1. The van der Waals surface area contributed by atoms with Crippen LogP contribution in [0.2, 0.25) is 0 Å². The summed E-state index contributed by atoms with van der Waals surface area (Å²) in [7, 11) is 1.06. The average molecular weight is 273 g/mol. The predicted octanol–water partition coefficient (Wildman–Crippen LogP) is 1.46. The van der Waals surface area contributed by atoms with Crippen molar-refractivity contribution < 1.29 is 28.2 Å². The monoisotopic (exact) mass is 273 g/mol. The summed E-state index contributed by atoms with van der Waals surface area (Å²) >= 11 is 0. The summed E-state index contributed by atoms with van der Waals surface area (Å²) in [6.07, 6.45) is 0.208. The van der Waals surface area contributed by atoms with Gasteiger partial charge in [-0.05, 0) is 12.5 Å². The second-order valence-corrected chi connectivity index (χ2v) is 3.68. The molecule has 0 aliphatic carbocycles. The van der Waals surface area contributed by atoms with Crippen molar-refractivity contribution >= 4 is 17.6 Å². The van der Waals surface area contributed by atoms with Gasteiger partial charge in [-0.1, -0.05) is 0 Å². The quantitative estimate of drug-likeness (QED) is 0.796. The summed E-state index contributed by atoms with van der Waals surface area (Å²) in [5.74, 6) is -3.58. The molecule has 0 aromatic heterocycles. The molecule has 0 spiro atoms. The highest BCUT2D eigenvalue weighted by atomic mass is 19.1. The molecule has 0 saturated carbocycles. The number of ether oxygens (including phenoxy) is 1. The van der Waals surface area contributed by atoms with E-state index in [2.05, 4.69) is 10.1 Å². The summed E-state index contributed by atoms with van der Waals surface area (Å²) in [5, 5.41) is 10.7. The predicted molar refractivity (Wildman–Crippen MR) is 62.6 cm³/mol. The Bertz CT molecular complexity index is 491. The molecule has 0 heterocycles. The normalized spacial score (nSPS) is 10.1. The fraction of sp³-hybridized carbons (Fsp3) is 0.333. The van der Waals surface area contributed by atoms with Gasteiger partial charge >= 0.3 is 5.97 Å². The number of hydrogen-bond donors (Lipinski definition) is 2. The largest absolute Gasteiger partial charge is 0.465 e. The number of aliphatic hydroxyl groups is 1. The third-order valence-corrected chi connectivity index (χ3v) is 2.30. The molecule has 19 heavy (non-hydrogen) atoms. The van der Waals surface area contributed by atoms with Crippen LogP contribution >= 0.6 is 0 Å². The van der Waals surface area contributed by atoms with Gasteiger partial charge in [0.05, 0.1) is 18.4 Å². The number of esters is 1. The molecule has 0 radical (unpaired) electrons. The zero-order valence-corrected chi connectivity index (χ0v) is 10.2. The number of nitrogens with one attached hydrogen (secondary N) is 1. The second kappa shape index (κ2) is 6.79. The van der Waals surface area contributed by atoms with Gasteiger partial charge in [-0.15, -0.1) is 0 Å². The summed E-state index contributed by atoms with van der Waals surface area (Å²) in [4.78, 5) is 22.6. The molecule has 104 valence electrons. The molecule has 1 aromatic rings. The summed E-state index contributed by atoms with van der Waals surface area (Å²) in [6, 6.07) is 1.36. The first-order valence-electron chi connectivity index (χ1n) is 5.47. The van der Waals surface area contributed by atoms with Gasteiger partial charge < -0.3 is 15.2 Å². The van der Waals surface area contributed by atoms with Gasteiger partial charge in [0.1, 0.15) is 11.6 Å². The van der Waals surface area contributed by atoms with Crippen LogP contribution in [0.5, 0.6) is 0 Å². The van der Waals surface area contributed by atoms with Gasteiger partial charge in [0.2, 0.25) is 5.91 Å². The van der Waals surface area contributed by atoms with Crippen LogP contribution in [-0.4, -0.2) is 30.7 Å². The van der Waals surface area contributed by atoms with E-state index < -0.39 is 29.1 Å². The molecule has 0 atom stereocenters. The first kappa shape index (κ1) is 15.0. The standard InChI is InChI=1S/C12H13F2NO4/c1-19-12(18)7-5-10(9(14)6-8(7)13)15-11(17)3-2-4-16/h5-6,16H,2-4H2,1H3,(H,15,17). The number of carbonyl (C=O) groups is 2. The van der Waals surface area contributed by atoms with E-state index in [4.69, 9.17) is 5.11 Å². The van der Waals surface area contributed by atoms with Gasteiger partial charge in [-0.3, -0.25) is 4.79 Å². The molecule has 0 saturated heterocycles. The molecule has 2 N–H and O–H groups in total. The number of amides is 1. The zero-order valence-electron chi connectivity index (χ0n) is 10.2. The van der Waals surface area contributed by atoms with Crippen molar-refractivity contribution in [2.75, 3.05) is 19.0 Å². The number of rotatable bonds is 5. The molecule has 1 aromatic carbocycles. The van der Waals surface area contributed by atoms with Crippen LogP contribution in [0, 0.1) is 11.6 Å². The fourth-order valence-electron chi connectivity index (χ4n) is 1.36. The maximum absolute atomic E-state index is 13.4. The minimum Gasteiger partial charge on any atom is -0.465 e. The smallest absolute Gasteiger partial charge is 0.340 e. The number of hydrogen-bond acceptors (Lipinski definition) is 4. The summed E-state index contributed by atoms with van der Waals surface area (Å²) in [6.45, 7) is -0.174. The number of carbonyl (C=O) groups excluding carboxylic acids is 2. The SMILES string of the molecule is COC(=O)c1cc(NC(=O)CCCO)c(F)cc1F. The van der Waals surface area contributed by atoms with Gasteiger partial charge in [0, 0.05) is 19.1 Å². The van der Waals surface area contributed by atoms with Gasteiger partial charge in [-0.2, -0.15) is 0 Å². The molecule has 0 aliphatic heterocycles. The lowest BCUT2D eigenvalue weighted by atomic mass is 10.1. The van der Waals surface area contributed by atoms with E-state index in [1.54, 1.807) is 0 Å². The highest BCUT2D eigenvalue weighted by Gasteiger charge is 2.17. The lowest BCUT2D eigenvalue weighted by Crippen LogP contribution is -2.14. The fourth-order valence-corrected chi connectivity index (χ4v) is 1.36. The topological polar surface area (TPSA) is 75.6 Å². The molecule has 0 bridgehead atoms. The Kier molecular flexibility index (Phi) is 5.37. The van der Waals surface area contributed by atoms with Gasteiger partial charge in [-0.25, -0.2) is 13.6 Å². The van der Waals surface area contributed by atoms with E-state index in [0.717, 1.165) is 13.2 Å². The Morgan fingerprint density at radius 1 is 1.32 bits per heavy atom. The van der Waals surface area contributed by atoms with Crippen LogP contribution in [0.3, 0.4) is 0 Å². The Labute approximate surface area is 108 Å². The molecule has 0 fully saturated rings. The van der Waals surface area contributed by atoms with Crippen molar-refractivity contribution in [3.05, 3.63) is 29.3 Å². The highest BCUT2D eigenvalue weighted by Crippen LogP contribution is 2.20. The van der Waals surface area contributed by atoms with E-state index in [0.29, 0.717) is 6.07 Å². The highest BCUT2D eigenvalue weighted by molar-refractivity contribution is 5.94. The van der Waals surface area contributed by atoms with Crippen LogP contribution in [0.15, 0.2) is 12.1 Å². The summed E-state index contributed by atoms with van der Waals surface area (Å²) < 4.78 is 31.1. The number of aliphatic hydroxyl groups excluding tert-OH is 1. The number of benzene rings is 1. The molecule has 1 rings (SSSR count). The van der Waals surface area contributed by atoms with Gasteiger partial charge in [0.25, 0.3) is 0 Å². The van der Waals surface area contributed by atoms with Crippen molar-refractivity contribution in [3.8, 4) is 0 Å². The van der Waals surface area contributed by atoms with E-state index in [1.165, 1.54) is 0 Å². The summed E-state index contributed by atoms with van der Waals surface area (Å²) in [5.41, 5.74) is -0.786. The molecule has 1 amide bonds. The van der Waals surface area contributed by atoms with Crippen molar-refractivity contribution in [2.24, 2.45) is 0 Å². The Balaban J connectivity index is 2.95. The lowest BCUT2D eigenvalue weighted by molar-refractivity contribution is -0.116. The van der Waals surface area contributed by atoms with E-state index in [-0.39, 0.29) is 25.1 Å². The number of halogens is 2. The Morgan fingerprint density at radius 2 is 2.00 bits per heavy atom. The van der Waals surface area contributed by atoms with Crippen molar-refractivity contribution in [1.82, 2.24) is 0 Å². The molecular weight excluding hydrogens is 260 g/mol. The van der Waals surface area contributed by atoms with Crippen LogP contribution in [0.25, 0.3) is 0 Å². The van der Waals surface area contributed by atoms with Crippen molar-refractivity contribution in [2.45, 2.75) is 12.8 Å². The maximum Gasteiger partial charge on any atom is 0.340 e. The minimum absolute atomic E-state index is 0.0130. The third-order valence-electron chi connectivity index (χ3n) is 2.30. The van der Waals surface area contributed by atoms with Crippen LogP contribution in [0.1, 0.15) is 23.2 Å². The van der Waals surface area contributed by atoms with Crippen molar-refractivity contribution in [1.29, 1.82) is 0 Å². The lowest BCUT2D eigenvalue weighted by Gasteiger charge is -2.08. The van der Waals surface area contributed by atoms with Crippen LogP contribution in [-0.2, 0) is 9.53 Å². The zero-order chi connectivity index (χ0) is 14.4. The van der Waals surface area contributed by atoms with Crippen LogP contribution < -0.4 is 5.32 Å². The maximum atomic E-state index is 13.4. The Hall–Kier alpha value is -2.02. The Morgan fingerprint density at radius 3 is 2.58 bits per heavy atom. The van der Waals surface area contributed by atoms with Crippen LogP contribution in [0.4, 0.5) is 14.5 Å². The van der Waals surface area contributed by atoms with E-state index >= 15 is 0 Å². The average Bonchev–Trinajstić information content (AvgIpc) is 2.38. The minimum atomic E-state index is -1.07.